The van der Waals surface area contributed by atoms with Gasteiger partial charge < -0.3 is 14.6 Å². The quantitative estimate of drug-likeness (QED) is 0.537. The number of aryl methyl sites for hydroxylation is 1. The number of hydrogen-bond donors (Lipinski definition) is 1. The van der Waals surface area contributed by atoms with Gasteiger partial charge in [0.05, 0.1) is 29.9 Å². The van der Waals surface area contributed by atoms with Crippen molar-refractivity contribution in [1.29, 1.82) is 0 Å². The molecule has 0 bridgehead atoms. The highest BCUT2D eigenvalue weighted by Crippen LogP contribution is 2.34. The van der Waals surface area contributed by atoms with Crippen molar-refractivity contribution in [3.05, 3.63) is 88.8 Å². The normalized spacial score (nSPS) is 19.5. The Kier molecular flexibility index (Phi) is 6.61. The first-order valence-electron chi connectivity index (χ1n) is 11.1. The van der Waals surface area contributed by atoms with Crippen molar-refractivity contribution in [1.82, 2.24) is 14.5 Å². The third kappa shape index (κ3) is 4.77. The molecule has 1 fully saturated rings. The molecule has 1 aliphatic heterocycles. The number of benzene rings is 2. The number of nitrogens with zero attached hydrogens (tertiary/aromatic N) is 3. The molecule has 0 saturated carbocycles. The van der Waals surface area contributed by atoms with Crippen molar-refractivity contribution < 1.29 is 23.1 Å². The molecule has 1 amide bonds. The van der Waals surface area contributed by atoms with Gasteiger partial charge in [-0.2, -0.15) is 0 Å². The Balaban J connectivity index is 1.66. The van der Waals surface area contributed by atoms with E-state index in [0.29, 0.717) is 35.4 Å². The van der Waals surface area contributed by atoms with Gasteiger partial charge in [0.2, 0.25) is 5.91 Å². The van der Waals surface area contributed by atoms with E-state index in [1.165, 1.54) is 30.3 Å². The third-order valence-corrected chi connectivity index (χ3v) is 5.99. The maximum Gasteiger partial charge on any atom is 0.250 e. The van der Waals surface area contributed by atoms with Gasteiger partial charge >= 0.3 is 0 Å². The van der Waals surface area contributed by atoms with Crippen LogP contribution >= 0.6 is 0 Å². The Labute approximate surface area is 196 Å². The number of rotatable bonds is 5. The summed E-state index contributed by atoms with van der Waals surface area (Å²) in [7, 11) is 0. The van der Waals surface area contributed by atoms with Crippen LogP contribution in [0.3, 0.4) is 0 Å². The molecule has 1 saturated heterocycles. The van der Waals surface area contributed by atoms with Crippen molar-refractivity contribution in [3.63, 3.8) is 0 Å². The number of imidazole rings is 1. The van der Waals surface area contributed by atoms with Crippen molar-refractivity contribution >= 4 is 12.0 Å². The standard InChI is InChI=1S/C26H26F3N3O2/c1-15-8-20(9-18-4-7-24(23(29)10-18)31-13-16(2)30-14-31)26(34)32(12-15)25(17(3)33)19-5-6-21(27)22(28)11-19/h4-7,9-11,13-15,17,25,33H,8,12H2,1-3H3/b20-9+/t15?,17-,25-/m1/s1. The number of amides is 1. The molecule has 1 aromatic heterocycles. The zero-order chi connectivity index (χ0) is 24.6. The predicted octanol–water partition coefficient (Wildman–Crippen LogP) is 4.97. The predicted molar refractivity (Wildman–Crippen MR) is 123 cm³/mol. The lowest BCUT2D eigenvalue weighted by Gasteiger charge is -2.40. The fourth-order valence-corrected chi connectivity index (χ4v) is 4.48. The van der Waals surface area contributed by atoms with Gasteiger partial charge in [0.25, 0.3) is 0 Å². The van der Waals surface area contributed by atoms with Crippen molar-refractivity contribution in [3.8, 4) is 5.69 Å². The van der Waals surface area contributed by atoms with Gasteiger partial charge in [0.1, 0.15) is 5.82 Å². The highest BCUT2D eigenvalue weighted by atomic mass is 19.2. The number of likely N-dealkylation sites (tertiary alicyclic amines) is 1. The number of halogens is 3. The molecule has 1 N–H and O–H groups in total. The van der Waals surface area contributed by atoms with E-state index in [1.807, 2.05) is 13.8 Å². The van der Waals surface area contributed by atoms with E-state index < -0.39 is 29.6 Å². The topological polar surface area (TPSA) is 58.4 Å². The molecule has 5 nitrogen and oxygen atoms in total. The van der Waals surface area contributed by atoms with E-state index in [4.69, 9.17) is 0 Å². The Morgan fingerprint density at radius 2 is 1.88 bits per heavy atom. The van der Waals surface area contributed by atoms with Crippen LogP contribution in [-0.4, -0.2) is 38.1 Å². The average molecular weight is 470 g/mol. The zero-order valence-corrected chi connectivity index (χ0v) is 19.2. The average Bonchev–Trinajstić information content (AvgIpc) is 3.19. The van der Waals surface area contributed by atoms with E-state index in [0.717, 1.165) is 17.8 Å². The molecule has 178 valence electrons. The summed E-state index contributed by atoms with van der Waals surface area (Å²) in [5.41, 5.74) is 2.40. The van der Waals surface area contributed by atoms with Gasteiger partial charge in [-0.15, -0.1) is 0 Å². The number of carbonyl (C=O) groups excluding carboxylic acids is 1. The molecule has 3 atom stereocenters. The maximum atomic E-state index is 14.8. The third-order valence-electron chi connectivity index (χ3n) is 5.99. The van der Waals surface area contributed by atoms with Crippen LogP contribution in [0.5, 0.6) is 0 Å². The zero-order valence-electron chi connectivity index (χ0n) is 19.2. The summed E-state index contributed by atoms with van der Waals surface area (Å²) in [6, 6.07) is 7.22. The van der Waals surface area contributed by atoms with Crippen LogP contribution in [0.4, 0.5) is 13.2 Å². The second kappa shape index (κ2) is 9.46. The Morgan fingerprint density at radius 3 is 2.50 bits per heavy atom. The van der Waals surface area contributed by atoms with Crippen LogP contribution in [0.15, 0.2) is 54.5 Å². The van der Waals surface area contributed by atoms with E-state index in [-0.39, 0.29) is 11.8 Å². The first-order valence-corrected chi connectivity index (χ1v) is 11.1. The van der Waals surface area contributed by atoms with Crippen LogP contribution in [0.1, 0.15) is 43.1 Å². The summed E-state index contributed by atoms with van der Waals surface area (Å²) < 4.78 is 43.7. The molecule has 4 rings (SSSR count). The van der Waals surface area contributed by atoms with E-state index >= 15 is 0 Å². The first kappa shape index (κ1) is 23.8. The minimum absolute atomic E-state index is 0.0496. The monoisotopic (exact) mass is 469 g/mol. The molecule has 2 aromatic carbocycles. The molecule has 0 spiro atoms. The van der Waals surface area contributed by atoms with Crippen molar-refractivity contribution in [2.45, 2.75) is 39.3 Å². The second-order valence-electron chi connectivity index (χ2n) is 8.93. The Hall–Kier alpha value is -3.39. The largest absolute Gasteiger partial charge is 0.391 e. The summed E-state index contributed by atoms with van der Waals surface area (Å²) in [6.45, 7) is 5.63. The molecule has 0 radical (unpaired) electrons. The van der Waals surface area contributed by atoms with Crippen LogP contribution in [-0.2, 0) is 4.79 Å². The highest BCUT2D eigenvalue weighted by Gasteiger charge is 2.36. The van der Waals surface area contributed by atoms with Crippen LogP contribution in [0, 0.1) is 30.3 Å². The molecule has 3 aromatic rings. The number of carbonyl (C=O) groups is 1. The summed E-state index contributed by atoms with van der Waals surface area (Å²) in [5, 5.41) is 10.4. The number of aliphatic hydroxyl groups excluding tert-OH is 1. The lowest BCUT2D eigenvalue weighted by Crippen LogP contribution is -2.46. The SMILES string of the molecule is Cc1cn(-c2ccc(/C=C3\CC(C)CN([C@@H](c4ccc(F)c(F)c4)[C@@H](C)O)C3=O)cc2F)cn1. The maximum absolute atomic E-state index is 14.8. The van der Waals surface area contributed by atoms with Gasteiger partial charge in [-0.25, -0.2) is 18.2 Å². The number of aromatic nitrogens is 2. The number of aliphatic hydroxyl groups is 1. The first-order chi connectivity index (χ1) is 16.1. The van der Waals surface area contributed by atoms with Gasteiger partial charge in [0.15, 0.2) is 11.6 Å². The summed E-state index contributed by atoms with van der Waals surface area (Å²) in [6.07, 6.45) is 4.35. The lowest BCUT2D eigenvalue weighted by atomic mass is 9.89. The highest BCUT2D eigenvalue weighted by molar-refractivity contribution is 5.99. The minimum atomic E-state index is -1.04. The van der Waals surface area contributed by atoms with Crippen molar-refractivity contribution in [2.75, 3.05) is 6.54 Å². The molecule has 1 unspecified atom stereocenters. The van der Waals surface area contributed by atoms with Crippen LogP contribution < -0.4 is 0 Å². The molecule has 0 aliphatic carbocycles. The van der Waals surface area contributed by atoms with Crippen LogP contribution in [0.2, 0.25) is 0 Å². The smallest absolute Gasteiger partial charge is 0.250 e. The number of piperidine rings is 1. The Bertz CT molecular complexity index is 1250. The number of hydrogen-bond acceptors (Lipinski definition) is 3. The summed E-state index contributed by atoms with van der Waals surface area (Å²) >= 11 is 0. The molecule has 34 heavy (non-hydrogen) atoms. The molecule has 8 heteroatoms. The molecule has 1 aliphatic rings. The molecular formula is C26H26F3N3O2. The van der Waals surface area contributed by atoms with Crippen molar-refractivity contribution in [2.24, 2.45) is 5.92 Å². The summed E-state index contributed by atoms with van der Waals surface area (Å²) in [5.74, 6) is -2.77. The van der Waals surface area contributed by atoms with Gasteiger partial charge in [0, 0.05) is 18.3 Å². The van der Waals surface area contributed by atoms with Gasteiger partial charge in [-0.1, -0.05) is 19.1 Å². The van der Waals surface area contributed by atoms with Gasteiger partial charge in [-0.05, 0) is 67.7 Å². The molecule has 2 heterocycles. The second-order valence-corrected chi connectivity index (χ2v) is 8.93. The van der Waals surface area contributed by atoms with Crippen LogP contribution in [0.25, 0.3) is 11.8 Å². The fourth-order valence-electron chi connectivity index (χ4n) is 4.48. The lowest BCUT2D eigenvalue weighted by molar-refractivity contribution is -0.135. The van der Waals surface area contributed by atoms with E-state index in [2.05, 4.69) is 4.98 Å². The fraction of sp³-hybridized carbons (Fsp3) is 0.308. The van der Waals surface area contributed by atoms with E-state index in [9.17, 15) is 23.1 Å². The summed E-state index contributed by atoms with van der Waals surface area (Å²) in [4.78, 5) is 19.0. The molecular weight excluding hydrogens is 443 g/mol. The Morgan fingerprint density at radius 1 is 1.12 bits per heavy atom. The van der Waals surface area contributed by atoms with E-state index in [1.54, 1.807) is 29.0 Å². The van der Waals surface area contributed by atoms with Gasteiger partial charge in [-0.3, -0.25) is 4.79 Å². The minimum Gasteiger partial charge on any atom is -0.391 e.